The van der Waals surface area contributed by atoms with Gasteiger partial charge < -0.3 is 19.8 Å². The van der Waals surface area contributed by atoms with Crippen LogP contribution in [0.4, 0.5) is 4.79 Å². The van der Waals surface area contributed by atoms with Gasteiger partial charge in [0, 0.05) is 18.6 Å². The van der Waals surface area contributed by atoms with Gasteiger partial charge in [-0.2, -0.15) is 5.06 Å². The van der Waals surface area contributed by atoms with Crippen LogP contribution in [0, 0.1) is 5.41 Å². The van der Waals surface area contributed by atoms with Gasteiger partial charge in [0.25, 0.3) is 5.91 Å². The molecule has 158 valence electrons. The number of carbonyl (C=O) groups is 3. The summed E-state index contributed by atoms with van der Waals surface area (Å²) in [5.41, 5.74) is -0.784. The highest BCUT2D eigenvalue weighted by molar-refractivity contribution is 5.81. The Balaban J connectivity index is 1.54. The first kappa shape index (κ1) is 20.6. The standard InChI is InChI=1S/C19H24N2O8/c1-19(17(25)28-20-12-4-7-14(20)22)10-2-5-13(6-3-11-19)27-18(26)29-21-15(23)8-9-16(21)24/h2,5,8-9,13,23-24H,3-4,6-7,10-12H2,1H3. The topological polar surface area (TPSA) is 128 Å². The quantitative estimate of drug-likeness (QED) is 0.572. The highest BCUT2D eigenvalue weighted by atomic mass is 16.8. The van der Waals surface area contributed by atoms with Gasteiger partial charge in [-0.1, -0.05) is 6.08 Å². The first-order valence-electron chi connectivity index (χ1n) is 9.46. The van der Waals surface area contributed by atoms with E-state index in [4.69, 9.17) is 14.4 Å². The second-order valence-electron chi connectivity index (χ2n) is 7.41. The number of hydrogen-bond acceptors (Lipinski definition) is 8. The molecule has 0 radical (unpaired) electrons. The van der Waals surface area contributed by atoms with Crippen molar-refractivity contribution >= 4 is 18.0 Å². The van der Waals surface area contributed by atoms with Crippen LogP contribution in [0.15, 0.2) is 24.3 Å². The molecule has 1 aromatic heterocycles. The van der Waals surface area contributed by atoms with Crippen molar-refractivity contribution in [2.75, 3.05) is 6.54 Å². The molecule has 1 fully saturated rings. The third-order valence-corrected chi connectivity index (χ3v) is 5.06. The number of aromatic hydroxyl groups is 2. The minimum absolute atomic E-state index is 0.185. The van der Waals surface area contributed by atoms with E-state index in [0.29, 0.717) is 49.8 Å². The van der Waals surface area contributed by atoms with E-state index in [1.54, 1.807) is 19.1 Å². The van der Waals surface area contributed by atoms with E-state index in [0.717, 1.165) is 17.2 Å². The molecule has 0 spiro atoms. The Hall–Kier alpha value is -3.17. The summed E-state index contributed by atoms with van der Waals surface area (Å²) in [7, 11) is 0. The molecule has 2 N–H and O–H groups in total. The van der Waals surface area contributed by atoms with E-state index in [2.05, 4.69) is 0 Å². The third-order valence-electron chi connectivity index (χ3n) is 5.06. The Kier molecular flexibility index (Phi) is 6.00. The van der Waals surface area contributed by atoms with Crippen LogP contribution in [-0.2, 0) is 19.2 Å². The van der Waals surface area contributed by atoms with Crippen molar-refractivity contribution < 1.29 is 39.0 Å². The molecule has 2 aliphatic rings. The van der Waals surface area contributed by atoms with Crippen molar-refractivity contribution in [3.63, 3.8) is 0 Å². The molecule has 1 aliphatic heterocycles. The smallest absolute Gasteiger partial charge is 0.492 e. The normalized spacial score (nSPS) is 24.7. The van der Waals surface area contributed by atoms with E-state index in [1.807, 2.05) is 0 Å². The largest absolute Gasteiger partial charge is 0.534 e. The summed E-state index contributed by atoms with van der Waals surface area (Å²) in [4.78, 5) is 46.2. The van der Waals surface area contributed by atoms with Gasteiger partial charge in [0.2, 0.25) is 11.8 Å². The zero-order chi connectivity index (χ0) is 21.0. The van der Waals surface area contributed by atoms with Crippen molar-refractivity contribution in [3.8, 4) is 11.8 Å². The third kappa shape index (κ3) is 4.82. The SMILES string of the molecule is CC1(C(=O)ON2CCCC2=O)CC=CC(OC(=O)On2c(O)ccc2O)CCC1. The first-order valence-corrected chi connectivity index (χ1v) is 9.46. The summed E-state index contributed by atoms with van der Waals surface area (Å²) in [6, 6.07) is 2.32. The van der Waals surface area contributed by atoms with Crippen molar-refractivity contribution in [2.24, 2.45) is 5.41 Å². The Labute approximate surface area is 167 Å². The lowest BCUT2D eigenvalue weighted by Crippen LogP contribution is -2.37. The van der Waals surface area contributed by atoms with E-state index >= 15 is 0 Å². The summed E-state index contributed by atoms with van der Waals surface area (Å²) < 4.78 is 5.74. The van der Waals surface area contributed by atoms with E-state index < -0.39 is 35.4 Å². The minimum Gasteiger partial charge on any atom is -0.492 e. The molecule has 1 amide bonds. The Morgan fingerprint density at radius 2 is 1.90 bits per heavy atom. The molecule has 1 saturated heterocycles. The van der Waals surface area contributed by atoms with Gasteiger partial charge in [-0.25, -0.2) is 9.59 Å². The number of hydrogen-bond donors (Lipinski definition) is 2. The molecule has 0 aromatic carbocycles. The molecule has 0 saturated carbocycles. The van der Waals surface area contributed by atoms with Crippen molar-refractivity contribution in [3.05, 3.63) is 24.3 Å². The number of hydroxylamine groups is 2. The summed E-state index contributed by atoms with van der Waals surface area (Å²) >= 11 is 0. The molecule has 2 unspecified atom stereocenters. The first-order chi connectivity index (χ1) is 13.8. The summed E-state index contributed by atoms with van der Waals surface area (Å²) in [6.45, 7) is 2.20. The second kappa shape index (κ2) is 8.46. The molecule has 0 bridgehead atoms. The molecule has 2 atom stereocenters. The zero-order valence-corrected chi connectivity index (χ0v) is 16.1. The maximum absolute atomic E-state index is 12.6. The van der Waals surface area contributed by atoms with Crippen LogP contribution in [0.1, 0.15) is 45.4 Å². The van der Waals surface area contributed by atoms with Crippen LogP contribution >= 0.6 is 0 Å². The second-order valence-corrected chi connectivity index (χ2v) is 7.41. The van der Waals surface area contributed by atoms with Gasteiger partial charge in [-0.3, -0.25) is 9.63 Å². The fraction of sp³-hybridized carbons (Fsp3) is 0.526. The van der Waals surface area contributed by atoms with E-state index in [1.165, 1.54) is 0 Å². The lowest BCUT2D eigenvalue weighted by atomic mass is 9.80. The fourth-order valence-corrected chi connectivity index (χ4v) is 3.30. The molecule has 1 aromatic rings. The van der Waals surface area contributed by atoms with Crippen LogP contribution in [-0.4, -0.2) is 50.7 Å². The molecule has 2 heterocycles. The number of carbonyl (C=O) groups excluding carboxylic acids is 3. The number of nitrogens with zero attached hydrogens (tertiary/aromatic N) is 2. The predicted molar refractivity (Wildman–Crippen MR) is 97.4 cm³/mol. The Morgan fingerprint density at radius 3 is 2.55 bits per heavy atom. The number of amides is 1. The zero-order valence-electron chi connectivity index (χ0n) is 16.1. The minimum atomic E-state index is -1.09. The average molecular weight is 408 g/mol. The van der Waals surface area contributed by atoms with Crippen LogP contribution in [0.25, 0.3) is 0 Å². The monoisotopic (exact) mass is 408 g/mol. The molecule has 1 aliphatic carbocycles. The van der Waals surface area contributed by atoms with Gasteiger partial charge in [-0.15, -0.1) is 4.73 Å². The van der Waals surface area contributed by atoms with Crippen molar-refractivity contribution in [1.29, 1.82) is 0 Å². The summed E-state index contributed by atoms with van der Waals surface area (Å²) in [6.07, 6.45) is 4.65. The van der Waals surface area contributed by atoms with Gasteiger partial charge in [0.15, 0.2) is 0 Å². The van der Waals surface area contributed by atoms with Gasteiger partial charge in [-0.05, 0) is 45.1 Å². The highest BCUT2D eigenvalue weighted by Crippen LogP contribution is 2.34. The van der Waals surface area contributed by atoms with Crippen LogP contribution in [0.2, 0.25) is 0 Å². The Bertz CT molecular complexity index is 798. The van der Waals surface area contributed by atoms with Gasteiger partial charge >= 0.3 is 12.1 Å². The number of rotatable bonds is 4. The lowest BCUT2D eigenvalue weighted by molar-refractivity contribution is -0.202. The lowest BCUT2D eigenvalue weighted by Gasteiger charge is -2.30. The van der Waals surface area contributed by atoms with Crippen LogP contribution < -0.4 is 4.84 Å². The molecule has 10 heteroatoms. The van der Waals surface area contributed by atoms with Gasteiger partial charge in [0.05, 0.1) is 12.0 Å². The van der Waals surface area contributed by atoms with Crippen LogP contribution in [0.3, 0.4) is 0 Å². The number of ether oxygens (including phenoxy) is 1. The molecular formula is C19H24N2O8. The van der Waals surface area contributed by atoms with Crippen LogP contribution in [0.5, 0.6) is 11.8 Å². The van der Waals surface area contributed by atoms with Crippen molar-refractivity contribution in [1.82, 2.24) is 9.79 Å². The molecule has 29 heavy (non-hydrogen) atoms. The summed E-state index contributed by atoms with van der Waals surface area (Å²) in [5, 5.41) is 20.1. The highest BCUT2D eigenvalue weighted by Gasteiger charge is 2.38. The van der Waals surface area contributed by atoms with E-state index in [9.17, 15) is 24.6 Å². The number of allylic oxidation sites excluding steroid dienone is 1. The molecule has 10 nitrogen and oxygen atoms in total. The maximum atomic E-state index is 12.6. The van der Waals surface area contributed by atoms with Gasteiger partial charge in [0.1, 0.15) is 6.10 Å². The predicted octanol–water partition coefficient (Wildman–Crippen LogP) is 2.05. The fourth-order valence-electron chi connectivity index (χ4n) is 3.30. The van der Waals surface area contributed by atoms with Crippen molar-refractivity contribution in [2.45, 2.75) is 51.6 Å². The van der Waals surface area contributed by atoms with E-state index in [-0.39, 0.29) is 5.91 Å². The average Bonchev–Trinajstić information content (AvgIpc) is 3.19. The maximum Gasteiger partial charge on any atom is 0.534 e. The Morgan fingerprint density at radius 1 is 1.17 bits per heavy atom. The summed E-state index contributed by atoms with van der Waals surface area (Å²) in [5.74, 6) is -1.53. The molecular weight excluding hydrogens is 384 g/mol. The molecule has 3 rings (SSSR count). The number of aromatic nitrogens is 1.